The largest absolute Gasteiger partial charge is 0.487 e. The van der Waals surface area contributed by atoms with Gasteiger partial charge in [0.2, 0.25) is 0 Å². The molecule has 0 aliphatic heterocycles. The minimum absolute atomic E-state index is 0.310. The monoisotopic (exact) mass is 300 g/mol. The van der Waals surface area contributed by atoms with E-state index in [2.05, 4.69) is 17.6 Å². The number of hydrogen-bond acceptors (Lipinski definition) is 2. The molecule has 118 valence electrons. The molecule has 0 unspecified atom stereocenters. The lowest BCUT2D eigenvalue weighted by Crippen LogP contribution is -2.29. The van der Waals surface area contributed by atoms with E-state index in [4.69, 9.17) is 4.74 Å². The Labute approximate surface area is 123 Å². The predicted molar refractivity (Wildman–Crippen MR) is 79.2 cm³/mol. The number of unbranched alkanes of at least 4 members (excludes halogenated alkanes) is 2. The van der Waals surface area contributed by atoms with E-state index in [0.29, 0.717) is 18.0 Å². The average molecular weight is 300 g/mol. The first-order valence-electron chi connectivity index (χ1n) is 7.09. The first kappa shape index (κ1) is 17.2. The predicted octanol–water partition coefficient (Wildman–Crippen LogP) is 3.95. The van der Waals surface area contributed by atoms with Crippen LogP contribution in [-0.2, 0) is 0 Å². The summed E-state index contributed by atoms with van der Waals surface area (Å²) in [5.74, 6) is 0.346. The van der Waals surface area contributed by atoms with Gasteiger partial charge in [-0.3, -0.25) is 0 Å². The second-order valence-corrected chi connectivity index (χ2v) is 4.77. The molecule has 0 heterocycles. The van der Waals surface area contributed by atoms with Gasteiger partial charge in [-0.15, -0.1) is 0 Å². The van der Waals surface area contributed by atoms with Crippen molar-refractivity contribution in [2.24, 2.45) is 0 Å². The molecule has 2 N–H and O–H groups in total. The van der Waals surface area contributed by atoms with E-state index in [9.17, 15) is 13.6 Å². The molecule has 0 atom stereocenters. The Balaban J connectivity index is 2.51. The fourth-order valence-electron chi connectivity index (χ4n) is 1.74. The summed E-state index contributed by atoms with van der Waals surface area (Å²) in [6, 6.07) is 4.65. The highest BCUT2D eigenvalue weighted by Gasteiger charge is 2.08. The van der Waals surface area contributed by atoms with Crippen molar-refractivity contribution in [1.29, 1.82) is 0 Å². The molecule has 1 rings (SSSR count). The van der Waals surface area contributed by atoms with Crippen LogP contribution in [0.5, 0.6) is 5.75 Å². The molecular formula is C15H22F2N2O2. The van der Waals surface area contributed by atoms with E-state index in [1.54, 1.807) is 25.1 Å². The van der Waals surface area contributed by atoms with Crippen molar-refractivity contribution < 1.29 is 18.3 Å². The van der Waals surface area contributed by atoms with Crippen molar-refractivity contribution >= 4 is 11.7 Å². The number of ether oxygens (including phenoxy) is 1. The number of halogens is 2. The van der Waals surface area contributed by atoms with Crippen LogP contribution in [-0.4, -0.2) is 25.6 Å². The van der Waals surface area contributed by atoms with E-state index in [-0.39, 0.29) is 6.03 Å². The van der Waals surface area contributed by atoms with Crippen LogP contribution < -0.4 is 15.4 Å². The number of aryl methyl sites for hydroxylation is 1. The van der Waals surface area contributed by atoms with Crippen LogP contribution in [0.1, 0.15) is 31.7 Å². The Morgan fingerprint density at radius 3 is 2.76 bits per heavy atom. The van der Waals surface area contributed by atoms with Gasteiger partial charge in [0, 0.05) is 18.3 Å². The summed E-state index contributed by atoms with van der Waals surface area (Å²) in [5.41, 5.74) is 1.25. The Morgan fingerprint density at radius 2 is 2.10 bits per heavy atom. The zero-order chi connectivity index (χ0) is 15.7. The Kier molecular flexibility index (Phi) is 7.50. The van der Waals surface area contributed by atoms with E-state index >= 15 is 0 Å². The summed E-state index contributed by atoms with van der Waals surface area (Å²) in [7, 11) is 0. The SMILES string of the molecule is CCCCCNC(=O)Nc1ccc(C)c(OCC(F)F)c1. The minimum Gasteiger partial charge on any atom is -0.487 e. The van der Waals surface area contributed by atoms with Gasteiger partial charge >= 0.3 is 6.03 Å². The van der Waals surface area contributed by atoms with Crippen LogP contribution in [0, 0.1) is 6.92 Å². The second kappa shape index (κ2) is 9.15. The van der Waals surface area contributed by atoms with Crippen molar-refractivity contribution in [1.82, 2.24) is 5.32 Å². The van der Waals surface area contributed by atoms with Crippen LogP contribution >= 0.6 is 0 Å². The Morgan fingerprint density at radius 1 is 1.33 bits per heavy atom. The van der Waals surface area contributed by atoms with Gasteiger partial charge in [-0.05, 0) is 25.0 Å². The van der Waals surface area contributed by atoms with Crippen molar-refractivity contribution in [3.05, 3.63) is 23.8 Å². The highest BCUT2D eigenvalue weighted by atomic mass is 19.3. The lowest BCUT2D eigenvalue weighted by atomic mass is 10.2. The molecule has 2 amide bonds. The van der Waals surface area contributed by atoms with Crippen LogP contribution in [0.15, 0.2) is 18.2 Å². The zero-order valence-electron chi connectivity index (χ0n) is 12.4. The number of benzene rings is 1. The molecule has 0 spiro atoms. The maximum atomic E-state index is 12.2. The number of anilines is 1. The quantitative estimate of drug-likeness (QED) is 0.714. The number of rotatable bonds is 8. The van der Waals surface area contributed by atoms with Crippen molar-refractivity contribution in [2.45, 2.75) is 39.5 Å². The van der Waals surface area contributed by atoms with Gasteiger partial charge in [-0.2, -0.15) is 0 Å². The lowest BCUT2D eigenvalue weighted by molar-refractivity contribution is 0.0816. The number of urea groups is 1. The minimum atomic E-state index is -2.53. The third-order valence-corrected chi connectivity index (χ3v) is 2.88. The first-order chi connectivity index (χ1) is 10.0. The lowest BCUT2D eigenvalue weighted by Gasteiger charge is -2.12. The maximum Gasteiger partial charge on any atom is 0.319 e. The normalized spacial score (nSPS) is 10.5. The fourth-order valence-corrected chi connectivity index (χ4v) is 1.74. The van der Waals surface area contributed by atoms with Gasteiger partial charge in [0.15, 0.2) is 0 Å². The molecule has 0 saturated heterocycles. The average Bonchev–Trinajstić information content (AvgIpc) is 2.44. The van der Waals surface area contributed by atoms with E-state index in [1.165, 1.54) is 0 Å². The summed E-state index contributed by atoms with van der Waals surface area (Å²) >= 11 is 0. The number of alkyl halides is 2. The topological polar surface area (TPSA) is 50.4 Å². The molecule has 1 aromatic rings. The summed E-state index contributed by atoms with van der Waals surface area (Å²) in [4.78, 5) is 11.7. The smallest absolute Gasteiger partial charge is 0.319 e. The van der Waals surface area contributed by atoms with E-state index < -0.39 is 13.0 Å². The molecule has 0 saturated carbocycles. The molecule has 0 radical (unpaired) electrons. The number of carbonyl (C=O) groups excluding carboxylic acids is 1. The van der Waals surface area contributed by atoms with Crippen LogP contribution in [0.2, 0.25) is 0 Å². The van der Waals surface area contributed by atoms with Crippen molar-refractivity contribution in [2.75, 3.05) is 18.5 Å². The standard InChI is InChI=1S/C15H22F2N2O2/c1-3-4-5-8-18-15(20)19-12-7-6-11(2)13(9-12)21-10-14(16)17/h6-7,9,14H,3-5,8,10H2,1-2H3,(H2,18,19,20). The highest BCUT2D eigenvalue weighted by molar-refractivity contribution is 5.89. The molecule has 4 nitrogen and oxygen atoms in total. The van der Waals surface area contributed by atoms with Gasteiger partial charge in [0.05, 0.1) is 0 Å². The molecule has 0 fully saturated rings. The molecule has 1 aromatic carbocycles. The molecule has 0 bridgehead atoms. The van der Waals surface area contributed by atoms with Crippen molar-refractivity contribution in [3.63, 3.8) is 0 Å². The van der Waals surface area contributed by atoms with Crippen LogP contribution in [0.4, 0.5) is 19.3 Å². The summed E-state index contributed by atoms with van der Waals surface area (Å²) in [5, 5.41) is 5.40. The van der Waals surface area contributed by atoms with Gasteiger partial charge in [-0.1, -0.05) is 25.8 Å². The summed E-state index contributed by atoms with van der Waals surface area (Å²) < 4.78 is 29.3. The van der Waals surface area contributed by atoms with Gasteiger partial charge in [0.1, 0.15) is 12.4 Å². The first-order valence-corrected chi connectivity index (χ1v) is 7.09. The van der Waals surface area contributed by atoms with E-state index in [0.717, 1.165) is 24.8 Å². The number of amides is 2. The van der Waals surface area contributed by atoms with Crippen molar-refractivity contribution in [3.8, 4) is 5.75 Å². The van der Waals surface area contributed by atoms with E-state index in [1.807, 2.05) is 0 Å². The molecule has 0 aliphatic carbocycles. The molecule has 0 aromatic heterocycles. The fraction of sp³-hybridized carbons (Fsp3) is 0.533. The number of nitrogens with one attached hydrogen (secondary N) is 2. The van der Waals surface area contributed by atoms with Gasteiger partial charge in [-0.25, -0.2) is 13.6 Å². The third-order valence-electron chi connectivity index (χ3n) is 2.88. The molecule has 0 aliphatic rings. The van der Waals surface area contributed by atoms with Crippen LogP contribution in [0.25, 0.3) is 0 Å². The maximum absolute atomic E-state index is 12.2. The second-order valence-electron chi connectivity index (χ2n) is 4.77. The van der Waals surface area contributed by atoms with Crippen LogP contribution in [0.3, 0.4) is 0 Å². The highest BCUT2D eigenvalue weighted by Crippen LogP contribution is 2.23. The van der Waals surface area contributed by atoms with Gasteiger partial charge in [0.25, 0.3) is 6.43 Å². The third kappa shape index (κ3) is 6.92. The molecular weight excluding hydrogens is 278 g/mol. The molecule has 21 heavy (non-hydrogen) atoms. The zero-order valence-corrected chi connectivity index (χ0v) is 12.4. The number of hydrogen-bond donors (Lipinski definition) is 2. The number of carbonyl (C=O) groups is 1. The summed E-state index contributed by atoms with van der Waals surface area (Å²) in [6.07, 6.45) is 0.561. The molecule has 6 heteroatoms. The Bertz CT molecular complexity index is 453. The summed E-state index contributed by atoms with van der Waals surface area (Å²) in [6.45, 7) is 3.80. The Hall–Kier alpha value is -1.85. The van der Waals surface area contributed by atoms with Gasteiger partial charge < -0.3 is 15.4 Å².